The van der Waals surface area contributed by atoms with E-state index in [1.165, 1.54) is 0 Å². The molecule has 0 atom stereocenters. The quantitative estimate of drug-likeness (QED) is 0.119. The van der Waals surface area contributed by atoms with Crippen LogP contribution in [-0.4, -0.2) is 18.8 Å². The molecule has 0 aliphatic carbocycles. The van der Waals surface area contributed by atoms with Gasteiger partial charge >= 0.3 is 0 Å². The van der Waals surface area contributed by atoms with Gasteiger partial charge < -0.3 is 0 Å². The van der Waals surface area contributed by atoms with Crippen molar-refractivity contribution in [2.45, 2.75) is 0 Å². The van der Waals surface area contributed by atoms with Crippen molar-refractivity contribution >= 4 is 144 Å². The summed E-state index contributed by atoms with van der Waals surface area (Å²) < 4.78 is 3.22. The number of aromatic nitrogens is 4. The van der Waals surface area contributed by atoms with Crippen molar-refractivity contribution in [1.29, 1.82) is 0 Å². The molecule has 11 aromatic rings. The number of benzene rings is 7. The molecule has 6 nitrogen and oxygen atoms in total. The van der Waals surface area contributed by atoms with Crippen molar-refractivity contribution in [3.05, 3.63) is 114 Å². The van der Waals surface area contributed by atoms with Crippen LogP contribution in [-0.2, 0) is 0 Å². The highest BCUT2D eigenvalue weighted by Crippen LogP contribution is 2.53. The largest absolute Gasteiger partial charge is 0.268 e. The summed E-state index contributed by atoms with van der Waals surface area (Å²) >= 11 is 28.8. The number of fused-ring (bicyclic) bond motifs is 10. The van der Waals surface area contributed by atoms with Gasteiger partial charge in [0.25, 0.3) is 11.1 Å². The standard InChI is InChI=1S/C36H12Cl4N4O2/c37-17-9-13-25-15(35(45)43-23-7-3-1-5-21(23)41-33(13)43)11-19(39)29-28-18(38)10-14-26-16(12-20(40)30(32(26)28)27(17)31(25)29)36(46)44-24-8-4-2-6-22(24)42-34(14)44/h1-12H. The lowest BCUT2D eigenvalue weighted by molar-refractivity contribution is 1.19. The summed E-state index contributed by atoms with van der Waals surface area (Å²) in [6.45, 7) is 0. The van der Waals surface area contributed by atoms with Gasteiger partial charge in [0.1, 0.15) is 11.3 Å². The van der Waals surface area contributed by atoms with Crippen LogP contribution in [0.1, 0.15) is 0 Å². The second-order valence-corrected chi connectivity index (χ2v) is 13.4. The van der Waals surface area contributed by atoms with Crippen molar-refractivity contribution in [3.63, 3.8) is 0 Å². The molecule has 0 radical (unpaired) electrons. The van der Waals surface area contributed by atoms with Crippen LogP contribution < -0.4 is 11.1 Å². The molecule has 0 fully saturated rings. The van der Waals surface area contributed by atoms with Crippen LogP contribution in [0.4, 0.5) is 0 Å². The van der Waals surface area contributed by atoms with Crippen LogP contribution in [0.25, 0.3) is 98.0 Å². The molecule has 46 heavy (non-hydrogen) atoms. The van der Waals surface area contributed by atoms with E-state index in [1.54, 1.807) is 20.9 Å². The van der Waals surface area contributed by atoms with Gasteiger partial charge in [0.2, 0.25) is 0 Å². The van der Waals surface area contributed by atoms with Crippen LogP contribution in [0.15, 0.2) is 82.4 Å². The summed E-state index contributed by atoms with van der Waals surface area (Å²) in [5.74, 6) is 0. The van der Waals surface area contributed by atoms with E-state index in [4.69, 9.17) is 56.4 Å². The minimum absolute atomic E-state index is 0.240. The van der Waals surface area contributed by atoms with Crippen molar-refractivity contribution in [1.82, 2.24) is 18.8 Å². The van der Waals surface area contributed by atoms with Crippen molar-refractivity contribution in [3.8, 4) is 0 Å². The molecular weight excluding hydrogens is 662 g/mol. The van der Waals surface area contributed by atoms with Crippen LogP contribution in [0.5, 0.6) is 0 Å². The van der Waals surface area contributed by atoms with Gasteiger partial charge in [-0.15, -0.1) is 0 Å². The molecule has 0 N–H and O–H groups in total. The molecule has 11 rings (SSSR count). The molecule has 0 saturated heterocycles. The average molecular weight is 674 g/mol. The van der Waals surface area contributed by atoms with Crippen molar-refractivity contribution < 1.29 is 0 Å². The number of nitrogens with zero attached hydrogens (tertiary/aromatic N) is 4. The minimum Gasteiger partial charge on any atom is -0.268 e. The monoisotopic (exact) mass is 672 g/mol. The first-order valence-corrected chi connectivity index (χ1v) is 15.9. The molecule has 4 heterocycles. The third kappa shape index (κ3) is 2.73. The second-order valence-electron chi connectivity index (χ2n) is 11.8. The third-order valence-electron chi connectivity index (χ3n) is 9.59. The molecule has 0 bridgehead atoms. The van der Waals surface area contributed by atoms with Gasteiger partial charge in [0, 0.05) is 74.0 Å². The maximum absolute atomic E-state index is 14.2. The van der Waals surface area contributed by atoms with Gasteiger partial charge in [-0.2, -0.15) is 0 Å². The van der Waals surface area contributed by atoms with E-state index in [9.17, 15) is 9.59 Å². The Bertz CT molecular complexity index is 3110. The lowest BCUT2D eigenvalue weighted by Gasteiger charge is -2.21. The fourth-order valence-corrected chi connectivity index (χ4v) is 9.07. The first-order valence-electron chi connectivity index (χ1n) is 14.4. The number of halogens is 4. The molecular formula is C36H12Cl4N4O2. The highest BCUT2D eigenvalue weighted by atomic mass is 35.5. The Morgan fingerprint density at radius 2 is 0.783 bits per heavy atom. The Labute approximate surface area is 275 Å². The molecule has 0 unspecified atom stereocenters. The van der Waals surface area contributed by atoms with E-state index in [0.29, 0.717) is 118 Å². The summed E-state index contributed by atoms with van der Waals surface area (Å²) in [6.07, 6.45) is 0. The highest BCUT2D eigenvalue weighted by molar-refractivity contribution is 6.56. The molecule has 216 valence electrons. The molecule has 4 aromatic heterocycles. The number of hydrogen-bond acceptors (Lipinski definition) is 4. The van der Waals surface area contributed by atoms with Crippen LogP contribution >= 0.6 is 46.4 Å². The van der Waals surface area contributed by atoms with E-state index in [1.807, 2.05) is 60.7 Å². The third-order valence-corrected chi connectivity index (χ3v) is 10.8. The zero-order valence-corrected chi connectivity index (χ0v) is 26.1. The summed E-state index contributed by atoms with van der Waals surface area (Å²) in [7, 11) is 0. The van der Waals surface area contributed by atoms with E-state index in [0.717, 1.165) is 0 Å². The zero-order chi connectivity index (χ0) is 30.9. The lowest BCUT2D eigenvalue weighted by Crippen LogP contribution is -2.14. The Kier molecular flexibility index (Phi) is 4.52. The maximum Gasteiger partial charge on any atom is 0.264 e. The average Bonchev–Trinajstić information content (AvgIpc) is 3.64. The zero-order valence-electron chi connectivity index (χ0n) is 23.0. The molecule has 0 spiro atoms. The first kappa shape index (κ1) is 25.5. The summed E-state index contributed by atoms with van der Waals surface area (Å²) in [5.41, 5.74) is 3.29. The van der Waals surface area contributed by atoms with Crippen molar-refractivity contribution in [2.24, 2.45) is 0 Å². The van der Waals surface area contributed by atoms with Crippen molar-refractivity contribution in [2.75, 3.05) is 0 Å². The fourth-order valence-electron chi connectivity index (χ4n) is 7.87. The van der Waals surface area contributed by atoms with Crippen LogP contribution in [0, 0.1) is 0 Å². The second kappa shape index (κ2) is 8.16. The summed E-state index contributed by atoms with van der Waals surface area (Å²) in [4.78, 5) is 38.1. The maximum atomic E-state index is 14.2. The number of rotatable bonds is 0. The molecule has 0 amide bonds. The number of para-hydroxylation sites is 4. The summed E-state index contributed by atoms with van der Waals surface area (Å²) in [6, 6.07) is 22.1. The highest BCUT2D eigenvalue weighted by Gasteiger charge is 2.29. The normalized spacial score (nSPS) is 13.0. The van der Waals surface area contributed by atoms with Gasteiger partial charge in [0.05, 0.1) is 32.8 Å². The first-order chi connectivity index (χ1) is 22.3. The van der Waals surface area contributed by atoms with Gasteiger partial charge in [-0.05, 0) is 48.5 Å². The number of imidazole rings is 2. The SMILES string of the molecule is O=c1c2cc(Cl)c3c4c(Cl)cc5c6c(cc(Cl)c(c7c(Cl)cc(c2c37)c2nc3ccccc3n12)c46)c(=O)n1c2ccccc2nc51. The molecule has 0 saturated carbocycles. The van der Waals surface area contributed by atoms with Gasteiger partial charge in [-0.25, -0.2) is 9.97 Å². The van der Waals surface area contributed by atoms with E-state index < -0.39 is 0 Å². The molecule has 0 aliphatic rings. The lowest BCUT2D eigenvalue weighted by atomic mass is 9.86. The molecule has 10 heteroatoms. The van der Waals surface area contributed by atoms with E-state index in [2.05, 4.69) is 0 Å². The van der Waals surface area contributed by atoms with Gasteiger partial charge in [0.15, 0.2) is 0 Å². The number of pyridine rings is 2. The van der Waals surface area contributed by atoms with Crippen LogP contribution in [0.3, 0.4) is 0 Å². The smallest absolute Gasteiger partial charge is 0.264 e. The Hall–Kier alpha value is -4.72. The Morgan fingerprint density at radius 1 is 0.435 bits per heavy atom. The summed E-state index contributed by atoms with van der Waals surface area (Å²) in [5, 5.41) is 8.94. The molecule has 0 aliphatic heterocycles. The van der Waals surface area contributed by atoms with Gasteiger partial charge in [-0.1, -0.05) is 70.7 Å². The predicted octanol–water partition coefficient (Wildman–Crippen LogP) is 9.85. The van der Waals surface area contributed by atoms with E-state index >= 15 is 0 Å². The molecule has 7 aromatic carbocycles. The number of hydrogen-bond donors (Lipinski definition) is 0. The van der Waals surface area contributed by atoms with E-state index in [-0.39, 0.29) is 11.1 Å². The minimum atomic E-state index is -0.240. The fraction of sp³-hybridized carbons (Fsp3) is 0. The Balaban J connectivity index is 1.48. The predicted molar refractivity (Wildman–Crippen MR) is 190 cm³/mol. The Morgan fingerprint density at radius 3 is 1.17 bits per heavy atom. The van der Waals surface area contributed by atoms with Gasteiger partial charge in [-0.3, -0.25) is 18.4 Å². The topological polar surface area (TPSA) is 68.7 Å². The van der Waals surface area contributed by atoms with Crippen LogP contribution in [0.2, 0.25) is 20.1 Å².